The van der Waals surface area contributed by atoms with Crippen LogP contribution in [0.25, 0.3) is 0 Å². The van der Waals surface area contributed by atoms with Crippen molar-refractivity contribution in [3.05, 3.63) is 36.0 Å². The van der Waals surface area contributed by atoms with Crippen LogP contribution < -0.4 is 0 Å². The Balaban J connectivity index is 3.85. The molecule has 0 saturated carbocycles. The second-order valence-corrected chi connectivity index (χ2v) is 2.14. The van der Waals surface area contributed by atoms with Gasteiger partial charge < -0.3 is 0 Å². The third kappa shape index (κ3) is 4.13. The average molecular weight is 136 g/mol. The first-order valence-corrected chi connectivity index (χ1v) is 3.74. The van der Waals surface area contributed by atoms with Gasteiger partial charge in [0.25, 0.3) is 0 Å². The summed E-state index contributed by atoms with van der Waals surface area (Å²) in [6, 6.07) is 0. The third-order valence-corrected chi connectivity index (χ3v) is 1.34. The van der Waals surface area contributed by atoms with Crippen LogP contribution in [0.2, 0.25) is 0 Å². The summed E-state index contributed by atoms with van der Waals surface area (Å²) in [6.07, 6.45) is 11.6. The zero-order valence-electron chi connectivity index (χ0n) is 7.09. The molecule has 0 aromatic rings. The van der Waals surface area contributed by atoms with E-state index in [0.29, 0.717) is 0 Å². The van der Waals surface area contributed by atoms with E-state index in [2.05, 4.69) is 37.3 Å². The fourth-order valence-electron chi connectivity index (χ4n) is 0.750. The van der Waals surface area contributed by atoms with Crippen molar-refractivity contribution in [3.63, 3.8) is 0 Å². The van der Waals surface area contributed by atoms with Crippen molar-refractivity contribution in [2.24, 2.45) is 0 Å². The molecule has 0 nitrogen and oxygen atoms in total. The van der Waals surface area contributed by atoms with Crippen molar-refractivity contribution in [1.29, 1.82) is 0 Å². The second-order valence-electron chi connectivity index (χ2n) is 2.14. The molecule has 0 aliphatic rings. The molecule has 0 amide bonds. The van der Waals surface area contributed by atoms with E-state index in [-0.39, 0.29) is 0 Å². The molecule has 0 aliphatic carbocycles. The summed E-state index contributed by atoms with van der Waals surface area (Å²) < 4.78 is 0. The molecule has 0 heterocycles. The summed E-state index contributed by atoms with van der Waals surface area (Å²) in [6.45, 7) is 6.15. The van der Waals surface area contributed by atoms with E-state index in [1.807, 2.05) is 13.8 Å². The molecule has 0 aliphatic heterocycles. The maximum atomic E-state index is 2.16. The van der Waals surface area contributed by atoms with Gasteiger partial charge in [-0.2, -0.15) is 0 Å². The molecule has 0 aromatic heterocycles. The molecule has 0 saturated heterocycles. The lowest BCUT2D eigenvalue weighted by Gasteiger charge is -1.92. The van der Waals surface area contributed by atoms with Gasteiger partial charge in [-0.05, 0) is 32.8 Å². The van der Waals surface area contributed by atoms with Gasteiger partial charge in [-0.15, -0.1) is 0 Å². The zero-order chi connectivity index (χ0) is 7.82. The first-order valence-electron chi connectivity index (χ1n) is 3.74. The second kappa shape index (κ2) is 6.34. The molecule has 0 rings (SSSR count). The van der Waals surface area contributed by atoms with Gasteiger partial charge in [-0.3, -0.25) is 0 Å². The molecule has 0 spiro atoms. The molecular formula is C10H16. The van der Waals surface area contributed by atoms with Crippen LogP contribution in [0.3, 0.4) is 0 Å². The highest BCUT2D eigenvalue weighted by molar-refractivity contribution is 5.19. The van der Waals surface area contributed by atoms with Crippen molar-refractivity contribution in [2.75, 3.05) is 0 Å². The largest absolute Gasteiger partial charge is 0.0913 e. The molecule has 0 N–H and O–H groups in total. The molecule has 0 aromatic carbocycles. The molecule has 0 atom stereocenters. The van der Waals surface area contributed by atoms with Crippen molar-refractivity contribution >= 4 is 0 Å². The Labute approximate surface area is 64.0 Å². The van der Waals surface area contributed by atoms with Crippen molar-refractivity contribution in [2.45, 2.75) is 27.2 Å². The van der Waals surface area contributed by atoms with Crippen molar-refractivity contribution < 1.29 is 0 Å². The summed E-state index contributed by atoms with van der Waals surface area (Å²) in [4.78, 5) is 0. The summed E-state index contributed by atoms with van der Waals surface area (Å²) >= 11 is 0. The fraction of sp³-hybridized carbons (Fsp3) is 0.400. The van der Waals surface area contributed by atoms with Crippen LogP contribution in [0.4, 0.5) is 0 Å². The minimum absolute atomic E-state index is 1.05. The summed E-state index contributed by atoms with van der Waals surface area (Å²) in [5, 5.41) is 0. The number of allylic oxidation sites excluding steroid dienone is 6. The Morgan fingerprint density at radius 3 is 2.20 bits per heavy atom. The lowest BCUT2D eigenvalue weighted by molar-refractivity contribution is 1.26. The zero-order valence-corrected chi connectivity index (χ0v) is 7.09. The van der Waals surface area contributed by atoms with Crippen molar-refractivity contribution in [3.8, 4) is 0 Å². The Hall–Kier alpha value is -0.780. The van der Waals surface area contributed by atoms with Crippen molar-refractivity contribution in [1.82, 2.24) is 0 Å². The van der Waals surface area contributed by atoms with Gasteiger partial charge >= 0.3 is 0 Å². The van der Waals surface area contributed by atoms with E-state index in [0.717, 1.165) is 6.42 Å². The SMILES string of the molecule is CC=CCC(C=CC)=CC. The van der Waals surface area contributed by atoms with E-state index in [9.17, 15) is 0 Å². The van der Waals surface area contributed by atoms with Gasteiger partial charge in [0, 0.05) is 0 Å². The number of rotatable bonds is 3. The Kier molecular flexibility index (Phi) is 5.85. The minimum Gasteiger partial charge on any atom is -0.0913 e. The molecule has 0 heteroatoms. The summed E-state index contributed by atoms with van der Waals surface area (Å²) in [5.74, 6) is 0. The van der Waals surface area contributed by atoms with Gasteiger partial charge in [0.05, 0.1) is 0 Å². The number of hydrogen-bond acceptors (Lipinski definition) is 0. The van der Waals surface area contributed by atoms with Gasteiger partial charge in [-0.25, -0.2) is 0 Å². The van der Waals surface area contributed by atoms with Crippen LogP contribution >= 0.6 is 0 Å². The fourth-order valence-corrected chi connectivity index (χ4v) is 0.750. The molecule has 0 bridgehead atoms. The Morgan fingerprint density at radius 2 is 1.80 bits per heavy atom. The topological polar surface area (TPSA) is 0 Å². The highest BCUT2D eigenvalue weighted by Crippen LogP contribution is 2.03. The summed E-state index contributed by atoms with van der Waals surface area (Å²) in [7, 11) is 0. The molecular weight excluding hydrogens is 120 g/mol. The van der Waals surface area contributed by atoms with Gasteiger partial charge in [0.2, 0.25) is 0 Å². The lowest BCUT2D eigenvalue weighted by atomic mass is 10.1. The van der Waals surface area contributed by atoms with Crippen LogP contribution in [-0.4, -0.2) is 0 Å². The van der Waals surface area contributed by atoms with E-state index in [1.165, 1.54) is 5.57 Å². The minimum atomic E-state index is 1.05. The Morgan fingerprint density at radius 1 is 1.10 bits per heavy atom. The van der Waals surface area contributed by atoms with Crippen LogP contribution in [0, 0.1) is 0 Å². The maximum absolute atomic E-state index is 2.16. The molecule has 0 radical (unpaired) electrons. The van der Waals surface area contributed by atoms with Gasteiger partial charge in [-0.1, -0.05) is 30.4 Å². The quantitative estimate of drug-likeness (QED) is 0.411. The lowest BCUT2D eigenvalue weighted by Crippen LogP contribution is -1.72. The first kappa shape index (κ1) is 9.22. The Bertz CT molecular complexity index is 147. The predicted octanol–water partition coefficient (Wildman–Crippen LogP) is 3.48. The maximum Gasteiger partial charge on any atom is -0.0101 e. The predicted molar refractivity (Wildman–Crippen MR) is 48.0 cm³/mol. The molecule has 56 valence electrons. The highest BCUT2D eigenvalue weighted by Gasteiger charge is 1.83. The summed E-state index contributed by atoms with van der Waals surface area (Å²) in [5.41, 5.74) is 1.38. The third-order valence-electron chi connectivity index (χ3n) is 1.34. The normalized spacial score (nSPS) is 13.7. The smallest absolute Gasteiger partial charge is 0.0101 e. The average Bonchev–Trinajstić information content (AvgIpc) is 1.98. The van der Waals surface area contributed by atoms with Gasteiger partial charge in [0.1, 0.15) is 0 Å². The highest BCUT2D eigenvalue weighted by atomic mass is 13.9. The van der Waals surface area contributed by atoms with E-state index in [4.69, 9.17) is 0 Å². The number of hydrogen-bond donors (Lipinski definition) is 0. The van der Waals surface area contributed by atoms with Crippen LogP contribution in [0.15, 0.2) is 36.0 Å². The standard InChI is InChI=1S/C10H16/c1-4-7-9-10(6-3)8-5-2/h4-8H,9H2,1-3H3. The molecule has 0 unspecified atom stereocenters. The van der Waals surface area contributed by atoms with Crippen LogP contribution in [0.1, 0.15) is 27.2 Å². The van der Waals surface area contributed by atoms with Crippen LogP contribution in [-0.2, 0) is 0 Å². The molecule has 0 fully saturated rings. The van der Waals surface area contributed by atoms with Gasteiger partial charge in [0.15, 0.2) is 0 Å². The van der Waals surface area contributed by atoms with E-state index >= 15 is 0 Å². The molecule has 10 heavy (non-hydrogen) atoms. The van der Waals surface area contributed by atoms with E-state index in [1.54, 1.807) is 0 Å². The first-order chi connectivity index (χ1) is 4.85. The van der Waals surface area contributed by atoms with Crippen LogP contribution in [0.5, 0.6) is 0 Å². The van der Waals surface area contributed by atoms with E-state index < -0.39 is 0 Å². The monoisotopic (exact) mass is 136 g/mol.